The van der Waals surface area contributed by atoms with E-state index in [0.717, 1.165) is 79.7 Å². The number of nitrogens with two attached hydrogens (primary N) is 1. The molecule has 3 atom stereocenters. The molecule has 0 amide bonds. The molecule has 0 saturated carbocycles. The average molecular weight is 641 g/mol. The van der Waals surface area contributed by atoms with Crippen LogP contribution in [0.2, 0.25) is 0 Å². The van der Waals surface area contributed by atoms with Gasteiger partial charge in [-0.3, -0.25) is 0 Å². The summed E-state index contributed by atoms with van der Waals surface area (Å²) in [5.74, 6) is 1.69. The number of nitriles is 2. The van der Waals surface area contributed by atoms with E-state index in [0.29, 0.717) is 38.9 Å². The zero-order valence-electron chi connectivity index (χ0n) is 27.1. The number of nitrogen functional groups attached to an aromatic ring is 1. The molecule has 0 bridgehead atoms. The normalized spacial score (nSPS) is 22.0. The van der Waals surface area contributed by atoms with Gasteiger partial charge in [0, 0.05) is 30.1 Å². The number of thiophene rings is 1. The Kier molecular flexibility index (Phi) is 7.35. The fourth-order valence-electron chi connectivity index (χ4n) is 8.35. The smallest absolute Gasteiger partial charge is 0.186 e. The summed E-state index contributed by atoms with van der Waals surface area (Å²) in [5.41, 5.74) is 8.79. The molecule has 1 saturated heterocycles. The fraction of sp³-hybridized carbons (Fsp3) is 0.576. The Labute approximate surface area is 272 Å². The van der Waals surface area contributed by atoms with Crippen LogP contribution in [-0.4, -0.2) is 73.7 Å². The maximum absolute atomic E-state index is 10.8. The van der Waals surface area contributed by atoms with Gasteiger partial charge >= 0.3 is 0 Å². The van der Waals surface area contributed by atoms with Gasteiger partial charge in [-0.25, -0.2) is 14.6 Å². The molecular formula is C33H40N10O2S. The minimum atomic E-state index is -1.02. The number of fused-ring (bicyclic) bond motifs is 5. The first-order chi connectivity index (χ1) is 22.0. The highest BCUT2D eigenvalue weighted by molar-refractivity contribution is 7.16. The standard InChI is InChI=1S/C33H40N10O2S/c1-18(22-10-8-14-41(22)4)43-31-24(21(16-35)39-43)30(42(5)17-32(2,3)44)37-29(38-31)26-19-9-6-12-33(27(19)45-40-26)13-7-11-23-25(33)20(15-34)28(36)46-23/h18,22,44H,6-14,17,36H2,1-5H3/t18-,22?,33-/m0/s1. The lowest BCUT2D eigenvalue weighted by molar-refractivity contribution is 0.0885. The Morgan fingerprint density at radius 2 is 1.96 bits per heavy atom. The van der Waals surface area contributed by atoms with Gasteiger partial charge in [0.15, 0.2) is 28.6 Å². The highest BCUT2D eigenvalue weighted by atomic mass is 32.1. The average Bonchev–Trinajstić information content (AvgIpc) is 3.79. The van der Waals surface area contributed by atoms with Crippen LogP contribution in [0, 0.1) is 22.7 Å². The first-order valence-electron chi connectivity index (χ1n) is 16.1. The van der Waals surface area contributed by atoms with Gasteiger partial charge in [0.2, 0.25) is 0 Å². The molecule has 3 N–H and O–H groups in total. The molecule has 240 valence electrons. The van der Waals surface area contributed by atoms with Crippen LogP contribution >= 0.6 is 11.3 Å². The molecule has 1 fully saturated rings. The number of nitrogens with zero attached hydrogens (tertiary/aromatic N) is 9. The first-order valence-corrected chi connectivity index (χ1v) is 16.9. The summed E-state index contributed by atoms with van der Waals surface area (Å²) in [4.78, 5) is 15.5. The molecule has 12 nitrogen and oxygen atoms in total. The molecule has 46 heavy (non-hydrogen) atoms. The van der Waals surface area contributed by atoms with Gasteiger partial charge in [-0.05, 0) is 91.3 Å². The Bertz CT molecular complexity index is 1920. The van der Waals surface area contributed by atoms with Gasteiger partial charge in [0.1, 0.15) is 23.0 Å². The molecule has 7 rings (SSSR count). The van der Waals surface area contributed by atoms with Gasteiger partial charge < -0.3 is 25.2 Å². The SMILES string of the molecule is C[C@@H](C1CCCN1C)n1nc(C#N)c2c(N(C)CC(C)(C)O)nc(-c3noc4c3CCC[C@@]43CCCc4sc(N)c(C#N)c43)nc21. The van der Waals surface area contributed by atoms with Gasteiger partial charge in [0.25, 0.3) is 0 Å². The van der Waals surface area contributed by atoms with Crippen molar-refractivity contribution in [3.63, 3.8) is 0 Å². The lowest BCUT2D eigenvalue weighted by atomic mass is 9.63. The summed E-state index contributed by atoms with van der Waals surface area (Å²) in [6, 6.07) is 4.88. The second kappa shape index (κ2) is 11.0. The van der Waals surface area contributed by atoms with E-state index in [4.69, 9.17) is 25.3 Å². The maximum Gasteiger partial charge on any atom is 0.186 e. The lowest BCUT2D eigenvalue weighted by Crippen LogP contribution is -2.37. The topological polar surface area (TPSA) is 170 Å². The monoisotopic (exact) mass is 640 g/mol. The largest absolute Gasteiger partial charge is 0.389 e. The van der Waals surface area contributed by atoms with E-state index >= 15 is 0 Å². The van der Waals surface area contributed by atoms with Crippen LogP contribution in [-0.2, 0) is 18.3 Å². The molecule has 0 radical (unpaired) electrons. The van der Waals surface area contributed by atoms with Crippen LogP contribution in [0.1, 0.15) is 98.4 Å². The third-order valence-electron chi connectivity index (χ3n) is 10.2. The van der Waals surface area contributed by atoms with Gasteiger partial charge in [-0.1, -0.05) is 5.16 Å². The molecule has 4 aromatic heterocycles. The lowest BCUT2D eigenvalue weighted by Gasteiger charge is -2.39. The predicted molar refractivity (Wildman–Crippen MR) is 176 cm³/mol. The Balaban J connectivity index is 1.44. The summed E-state index contributed by atoms with van der Waals surface area (Å²) in [6.45, 7) is 6.90. The van der Waals surface area contributed by atoms with Crippen molar-refractivity contribution in [1.29, 1.82) is 10.5 Å². The number of likely N-dealkylation sites (tertiary alicyclic amines) is 1. The summed E-state index contributed by atoms with van der Waals surface area (Å²) in [5, 5.41) is 41.7. The summed E-state index contributed by atoms with van der Waals surface area (Å²) < 4.78 is 8.16. The van der Waals surface area contributed by atoms with E-state index in [1.54, 1.807) is 13.8 Å². The minimum Gasteiger partial charge on any atom is -0.389 e. The zero-order valence-corrected chi connectivity index (χ0v) is 27.9. The van der Waals surface area contributed by atoms with Crippen molar-refractivity contribution in [2.75, 3.05) is 37.8 Å². The van der Waals surface area contributed by atoms with E-state index in [9.17, 15) is 15.6 Å². The van der Waals surface area contributed by atoms with E-state index < -0.39 is 11.0 Å². The van der Waals surface area contributed by atoms with E-state index in [1.807, 2.05) is 16.6 Å². The second-order valence-corrected chi connectivity index (χ2v) is 15.1. The number of aromatic nitrogens is 5. The number of rotatable bonds is 6. The zero-order chi connectivity index (χ0) is 32.5. The Hall–Kier alpha value is -4.04. The Morgan fingerprint density at radius 3 is 2.63 bits per heavy atom. The third kappa shape index (κ3) is 4.67. The van der Waals surface area contributed by atoms with Gasteiger partial charge in [0.05, 0.1) is 28.0 Å². The second-order valence-electron chi connectivity index (χ2n) is 14.0. The van der Waals surface area contributed by atoms with Crippen LogP contribution < -0.4 is 10.6 Å². The molecule has 1 aliphatic heterocycles. The molecule has 3 aliphatic rings. The molecular weight excluding hydrogens is 600 g/mol. The third-order valence-corrected chi connectivity index (χ3v) is 11.3. The van der Waals surface area contributed by atoms with E-state index in [2.05, 4.69) is 36.2 Å². The van der Waals surface area contributed by atoms with E-state index in [-0.39, 0.29) is 24.3 Å². The molecule has 2 aliphatic carbocycles. The van der Waals surface area contributed by atoms with Crippen LogP contribution in [0.3, 0.4) is 0 Å². The number of likely N-dealkylation sites (N-methyl/N-ethyl adjacent to an activating group) is 2. The van der Waals surface area contributed by atoms with Gasteiger partial charge in [-0.2, -0.15) is 15.6 Å². The number of aliphatic hydroxyl groups is 1. The maximum atomic E-state index is 10.8. The summed E-state index contributed by atoms with van der Waals surface area (Å²) >= 11 is 1.52. The fourth-order valence-corrected chi connectivity index (χ4v) is 9.51. The van der Waals surface area contributed by atoms with Crippen LogP contribution in [0.4, 0.5) is 10.8 Å². The van der Waals surface area contributed by atoms with Crippen LogP contribution in [0.15, 0.2) is 4.52 Å². The van der Waals surface area contributed by atoms with Crippen LogP contribution in [0.25, 0.3) is 22.6 Å². The molecule has 13 heteroatoms. The van der Waals surface area contributed by atoms with Crippen molar-refractivity contribution in [3.8, 4) is 23.7 Å². The van der Waals surface area contributed by atoms with Crippen molar-refractivity contribution in [1.82, 2.24) is 29.8 Å². The number of hydrogen-bond donors (Lipinski definition) is 2. The number of hydrogen-bond acceptors (Lipinski definition) is 12. The highest BCUT2D eigenvalue weighted by Crippen LogP contribution is 2.55. The van der Waals surface area contributed by atoms with E-state index in [1.165, 1.54) is 11.3 Å². The van der Waals surface area contributed by atoms with Gasteiger partial charge in [-0.15, -0.1) is 11.3 Å². The molecule has 4 aromatic rings. The van der Waals surface area contributed by atoms with Crippen molar-refractivity contribution in [2.24, 2.45) is 0 Å². The highest BCUT2D eigenvalue weighted by Gasteiger charge is 2.49. The first kappa shape index (κ1) is 30.6. The Morgan fingerprint density at radius 1 is 1.20 bits per heavy atom. The summed E-state index contributed by atoms with van der Waals surface area (Å²) in [7, 11) is 3.98. The quantitative estimate of drug-likeness (QED) is 0.300. The minimum absolute atomic E-state index is 0.0455. The number of anilines is 2. The molecule has 1 spiro atoms. The van der Waals surface area contributed by atoms with Crippen LogP contribution in [0.5, 0.6) is 0 Å². The number of aryl methyl sites for hydroxylation is 1. The van der Waals surface area contributed by atoms with Crippen molar-refractivity contribution < 1.29 is 9.63 Å². The van der Waals surface area contributed by atoms with Crippen molar-refractivity contribution in [2.45, 2.75) is 95.2 Å². The summed E-state index contributed by atoms with van der Waals surface area (Å²) in [6.07, 6.45) is 7.38. The predicted octanol–water partition coefficient (Wildman–Crippen LogP) is 4.69. The molecule has 1 unspecified atom stereocenters. The van der Waals surface area contributed by atoms with Crippen molar-refractivity contribution >= 4 is 33.2 Å². The molecule has 0 aromatic carbocycles. The molecule has 5 heterocycles. The van der Waals surface area contributed by atoms with Crippen molar-refractivity contribution in [3.05, 3.63) is 33.0 Å².